The molecule has 0 spiro atoms. The summed E-state index contributed by atoms with van der Waals surface area (Å²) in [5, 5.41) is 3.23. The predicted molar refractivity (Wildman–Crippen MR) is 90.3 cm³/mol. The van der Waals surface area contributed by atoms with Gasteiger partial charge in [-0.1, -0.05) is 29.8 Å². The molecule has 0 saturated carbocycles. The number of aromatic nitrogens is 4. The highest BCUT2D eigenvalue weighted by atomic mass is 16.2. The number of nitrogens with one attached hydrogen (secondary N) is 2. The van der Waals surface area contributed by atoms with E-state index in [2.05, 4.69) is 56.4 Å². The van der Waals surface area contributed by atoms with Crippen LogP contribution in [0.4, 0.5) is 5.82 Å². The topological polar surface area (TPSA) is 86.8 Å². The number of rotatable bonds is 4. The van der Waals surface area contributed by atoms with Crippen LogP contribution in [0.15, 0.2) is 36.9 Å². The molecule has 1 atom stereocenters. The molecule has 0 aliphatic carbocycles. The molecule has 1 aliphatic heterocycles. The Morgan fingerprint density at radius 3 is 2.92 bits per heavy atom. The molecule has 7 heteroatoms. The minimum atomic E-state index is -0.267. The van der Waals surface area contributed by atoms with E-state index in [1.165, 1.54) is 11.9 Å². The zero-order valence-corrected chi connectivity index (χ0v) is 13.4. The number of benzene rings is 1. The van der Waals surface area contributed by atoms with Crippen molar-refractivity contribution in [3.05, 3.63) is 48.0 Å². The Hall–Kier alpha value is -2.96. The number of amides is 1. The fraction of sp³-hybridized carbons (Fsp3) is 0.294. The highest BCUT2D eigenvalue weighted by Crippen LogP contribution is 2.21. The van der Waals surface area contributed by atoms with E-state index in [9.17, 15) is 4.79 Å². The number of nitrogens with zero attached hydrogens (tertiary/aromatic N) is 4. The molecule has 1 saturated heterocycles. The molecule has 1 unspecified atom stereocenters. The van der Waals surface area contributed by atoms with Crippen molar-refractivity contribution in [2.45, 2.75) is 25.9 Å². The number of aryl methyl sites for hydroxylation is 1. The average molecular weight is 322 g/mol. The Balaban J connectivity index is 1.47. The van der Waals surface area contributed by atoms with Gasteiger partial charge in [0, 0.05) is 13.1 Å². The zero-order chi connectivity index (χ0) is 16.5. The smallest absolute Gasteiger partial charge is 0.245 e. The van der Waals surface area contributed by atoms with E-state index < -0.39 is 0 Å². The van der Waals surface area contributed by atoms with Crippen LogP contribution in [0.25, 0.3) is 11.2 Å². The standard InChI is InChI=1S/C17H18N6O/c1-11-2-4-12(5-3-11)8-23-7-6-13(17(23)24)22-16-14-15(19-9-18-14)20-10-21-16/h2-5,9-10,13H,6-8H2,1H3,(H2,18,19,20,21,22). The number of likely N-dealkylation sites (tertiary alicyclic amines) is 1. The molecule has 2 aromatic heterocycles. The van der Waals surface area contributed by atoms with Crippen molar-refractivity contribution in [3.63, 3.8) is 0 Å². The summed E-state index contributed by atoms with van der Waals surface area (Å²) in [6.07, 6.45) is 3.78. The van der Waals surface area contributed by atoms with E-state index in [1.807, 2.05) is 4.90 Å². The molecule has 2 N–H and O–H groups in total. The second-order valence-corrected chi connectivity index (χ2v) is 6.05. The lowest BCUT2D eigenvalue weighted by molar-refractivity contribution is -0.128. The van der Waals surface area contributed by atoms with E-state index in [4.69, 9.17) is 0 Å². The fourth-order valence-corrected chi connectivity index (χ4v) is 2.98. The number of anilines is 1. The van der Waals surface area contributed by atoms with Crippen LogP contribution in [-0.4, -0.2) is 43.3 Å². The van der Waals surface area contributed by atoms with Gasteiger partial charge in [-0.2, -0.15) is 0 Å². The van der Waals surface area contributed by atoms with Gasteiger partial charge in [-0.3, -0.25) is 4.79 Å². The summed E-state index contributed by atoms with van der Waals surface area (Å²) in [6, 6.07) is 8.02. The van der Waals surface area contributed by atoms with Gasteiger partial charge in [0.25, 0.3) is 0 Å². The maximum absolute atomic E-state index is 12.6. The lowest BCUT2D eigenvalue weighted by Crippen LogP contribution is -2.33. The summed E-state index contributed by atoms with van der Waals surface area (Å²) in [5.74, 6) is 0.717. The Bertz CT molecular complexity index is 872. The van der Waals surface area contributed by atoms with Gasteiger partial charge in [-0.05, 0) is 18.9 Å². The predicted octanol–water partition coefficient (Wildman–Crippen LogP) is 1.87. The molecule has 7 nitrogen and oxygen atoms in total. The van der Waals surface area contributed by atoms with Crippen LogP contribution >= 0.6 is 0 Å². The number of carbonyl (C=O) groups is 1. The molecule has 0 radical (unpaired) electrons. The molecule has 1 fully saturated rings. The van der Waals surface area contributed by atoms with Crippen LogP contribution in [0.5, 0.6) is 0 Å². The van der Waals surface area contributed by atoms with Crippen LogP contribution in [-0.2, 0) is 11.3 Å². The van der Waals surface area contributed by atoms with Crippen molar-refractivity contribution in [3.8, 4) is 0 Å². The molecule has 1 aliphatic rings. The maximum Gasteiger partial charge on any atom is 0.245 e. The summed E-state index contributed by atoms with van der Waals surface area (Å²) in [7, 11) is 0. The molecular weight excluding hydrogens is 304 g/mol. The second kappa shape index (κ2) is 5.92. The number of H-pyrrole nitrogens is 1. The molecule has 4 rings (SSSR count). The van der Waals surface area contributed by atoms with Crippen LogP contribution < -0.4 is 5.32 Å². The van der Waals surface area contributed by atoms with E-state index in [0.717, 1.165) is 24.0 Å². The SMILES string of the molecule is Cc1ccc(CN2CCC(Nc3ncnc4nc[nH]c34)C2=O)cc1. The summed E-state index contributed by atoms with van der Waals surface area (Å²) < 4.78 is 0. The zero-order valence-electron chi connectivity index (χ0n) is 13.4. The normalized spacial score (nSPS) is 17.6. The van der Waals surface area contributed by atoms with Gasteiger partial charge in [0.1, 0.15) is 17.9 Å². The first kappa shape index (κ1) is 14.6. The molecule has 1 amide bonds. The van der Waals surface area contributed by atoms with E-state index in [-0.39, 0.29) is 11.9 Å². The minimum absolute atomic E-state index is 0.0989. The number of fused-ring (bicyclic) bond motifs is 1. The lowest BCUT2D eigenvalue weighted by Gasteiger charge is -2.17. The van der Waals surface area contributed by atoms with Crippen molar-refractivity contribution in [2.24, 2.45) is 0 Å². The summed E-state index contributed by atoms with van der Waals surface area (Å²) in [5.41, 5.74) is 3.68. The van der Waals surface area contributed by atoms with Crippen molar-refractivity contribution in [1.82, 2.24) is 24.8 Å². The molecular formula is C17H18N6O. The van der Waals surface area contributed by atoms with Crippen molar-refractivity contribution >= 4 is 22.9 Å². The summed E-state index contributed by atoms with van der Waals surface area (Å²) in [6.45, 7) is 3.44. The molecule has 3 heterocycles. The van der Waals surface area contributed by atoms with Crippen LogP contribution in [0.3, 0.4) is 0 Å². The Labute approximate surface area is 139 Å². The average Bonchev–Trinajstić information content (AvgIpc) is 3.19. The van der Waals surface area contributed by atoms with Gasteiger partial charge in [0.2, 0.25) is 5.91 Å². The Morgan fingerprint density at radius 1 is 1.25 bits per heavy atom. The molecule has 3 aromatic rings. The maximum atomic E-state index is 12.6. The lowest BCUT2D eigenvalue weighted by atomic mass is 10.1. The van der Waals surface area contributed by atoms with Crippen molar-refractivity contribution in [1.29, 1.82) is 0 Å². The van der Waals surface area contributed by atoms with Gasteiger partial charge >= 0.3 is 0 Å². The van der Waals surface area contributed by atoms with Gasteiger partial charge in [0.15, 0.2) is 11.5 Å². The Morgan fingerprint density at radius 2 is 2.08 bits per heavy atom. The van der Waals surface area contributed by atoms with E-state index >= 15 is 0 Å². The monoisotopic (exact) mass is 322 g/mol. The van der Waals surface area contributed by atoms with E-state index in [1.54, 1.807) is 6.33 Å². The third-order valence-corrected chi connectivity index (χ3v) is 4.33. The first-order chi connectivity index (χ1) is 11.7. The Kier molecular flexibility index (Phi) is 3.60. The van der Waals surface area contributed by atoms with Crippen LogP contribution in [0, 0.1) is 6.92 Å². The number of hydrogen-bond donors (Lipinski definition) is 2. The van der Waals surface area contributed by atoms with E-state index in [0.29, 0.717) is 18.0 Å². The summed E-state index contributed by atoms with van der Waals surface area (Å²) in [4.78, 5) is 30.0. The molecule has 0 bridgehead atoms. The molecule has 24 heavy (non-hydrogen) atoms. The van der Waals surface area contributed by atoms with Crippen molar-refractivity contribution < 1.29 is 4.79 Å². The van der Waals surface area contributed by atoms with Gasteiger partial charge in [0.05, 0.1) is 6.33 Å². The molecule has 1 aromatic carbocycles. The number of imidazole rings is 1. The van der Waals surface area contributed by atoms with Crippen LogP contribution in [0.1, 0.15) is 17.5 Å². The highest BCUT2D eigenvalue weighted by molar-refractivity contribution is 5.89. The number of aromatic amines is 1. The summed E-state index contributed by atoms with van der Waals surface area (Å²) >= 11 is 0. The number of hydrogen-bond acceptors (Lipinski definition) is 5. The van der Waals surface area contributed by atoms with Crippen molar-refractivity contribution in [2.75, 3.05) is 11.9 Å². The van der Waals surface area contributed by atoms with Gasteiger partial charge in [-0.15, -0.1) is 0 Å². The largest absolute Gasteiger partial charge is 0.356 e. The minimum Gasteiger partial charge on any atom is -0.356 e. The van der Waals surface area contributed by atoms with Crippen LogP contribution in [0.2, 0.25) is 0 Å². The van der Waals surface area contributed by atoms with Gasteiger partial charge < -0.3 is 15.2 Å². The second-order valence-electron chi connectivity index (χ2n) is 6.05. The first-order valence-electron chi connectivity index (χ1n) is 7.95. The third kappa shape index (κ3) is 2.68. The fourth-order valence-electron chi connectivity index (χ4n) is 2.98. The highest BCUT2D eigenvalue weighted by Gasteiger charge is 2.32. The molecule has 122 valence electrons. The number of carbonyl (C=O) groups excluding carboxylic acids is 1. The van der Waals surface area contributed by atoms with Gasteiger partial charge in [-0.25, -0.2) is 15.0 Å². The first-order valence-corrected chi connectivity index (χ1v) is 7.95. The quantitative estimate of drug-likeness (QED) is 0.766. The third-order valence-electron chi connectivity index (χ3n) is 4.33.